The third-order valence-electron chi connectivity index (χ3n) is 8.60. The van der Waals surface area contributed by atoms with Gasteiger partial charge in [-0.05, 0) is 42.5 Å². The van der Waals surface area contributed by atoms with Crippen molar-refractivity contribution in [1.82, 2.24) is 24.4 Å². The summed E-state index contributed by atoms with van der Waals surface area (Å²) in [7, 11) is 0. The highest BCUT2D eigenvalue weighted by Gasteiger charge is 2.38. The molecule has 0 bridgehead atoms. The Bertz CT molecular complexity index is 2100. The van der Waals surface area contributed by atoms with Gasteiger partial charge in [0.05, 0.1) is 28.1 Å². The predicted molar refractivity (Wildman–Crippen MR) is 183 cm³/mol. The highest BCUT2D eigenvalue weighted by atomic mass is 19.4. The molecule has 0 amide bonds. The van der Waals surface area contributed by atoms with Crippen molar-refractivity contribution in [2.24, 2.45) is 0 Å². The van der Waals surface area contributed by atoms with Gasteiger partial charge in [-0.15, -0.1) is 0 Å². The fraction of sp³-hybridized carbons (Fsp3) is 0.211. The number of alkyl halides is 3. The molecule has 7 rings (SSSR count). The molecule has 3 heterocycles. The molecule has 6 aromatic rings. The van der Waals surface area contributed by atoms with E-state index in [2.05, 4.69) is 59.3 Å². The second kappa shape index (κ2) is 14.3. The van der Waals surface area contributed by atoms with E-state index in [1.807, 2.05) is 71.4 Å². The molecule has 0 atom stereocenters. The molecule has 0 radical (unpaired) electrons. The summed E-state index contributed by atoms with van der Waals surface area (Å²) in [6.07, 6.45) is -1.19. The molecule has 0 aliphatic carbocycles. The number of hydrogen-bond acceptors (Lipinski definition) is 5. The molecular formula is C38H34F3N5O3. The van der Waals surface area contributed by atoms with Crippen LogP contribution in [0.15, 0.2) is 114 Å². The Morgan fingerprint density at radius 2 is 1.39 bits per heavy atom. The van der Waals surface area contributed by atoms with Crippen molar-refractivity contribution >= 4 is 17.0 Å². The zero-order chi connectivity index (χ0) is 34.5. The van der Waals surface area contributed by atoms with E-state index in [0.717, 1.165) is 82.8 Å². The minimum absolute atomic E-state index is 0.0234. The van der Waals surface area contributed by atoms with E-state index in [-0.39, 0.29) is 11.7 Å². The van der Waals surface area contributed by atoms with Crippen LogP contribution in [0.5, 0.6) is 0 Å². The van der Waals surface area contributed by atoms with E-state index in [4.69, 9.17) is 19.9 Å². The fourth-order valence-electron chi connectivity index (χ4n) is 6.04. The summed E-state index contributed by atoms with van der Waals surface area (Å²) in [5.74, 6) is -2.76. The Hall–Kier alpha value is -5.55. The lowest BCUT2D eigenvalue weighted by molar-refractivity contribution is -0.192. The lowest BCUT2D eigenvalue weighted by Gasteiger charge is -2.32. The Balaban J connectivity index is 0.000000540. The number of carbonyl (C=O) groups is 1. The highest BCUT2D eigenvalue weighted by molar-refractivity contribution is 5.87. The number of likely N-dealkylation sites (tertiary alicyclic amines) is 1. The standard InChI is InChI=1S/C36H33N5O.C2HF3O2/c1-25-9-8-14-31-33(25)39-35(34(37-31)28-12-6-3-7-13-28)29-17-15-26(16-18-29)23-40-21-19-30(20-22-40)41-24-32(38-36(41)42)27-10-4-2-5-11-27;3-2(4,5)1(6)7/h2-18,24,30H,19-23H2,1H3,(H,38,42);(H,6,7). The van der Waals surface area contributed by atoms with Crippen LogP contribution in [0.1, 0.15) is 30.0 Å². The maximum absolute atomic E-state index is 12.7. The first kappa shape index (κ1) is 33.4. The molecule has 49 heavy (non-hydrogen) atoms. The minimum Gasteiger partial charge on any atom is -0.475 e. The number of benzene rings is 4. The molecule has 0 unspecified atom stereocenters. The number of halogens is 3. The maximum Gasteiger partial charge on any atom is 0.490 e. The first-order valence-corrected chi connectivity index (χ1v) is 15.9. The SMILES string of the molecule is Cc1cccc2nc(-c3ccccc3)c(-c3ccc(CN4CCC(n5cc(-c6ccccc6)[nH]c5=O)CC4)cc3)nc12.O=C(O)C(F)(F)F. The van der Waals surface area contributed by atoms with Gasteiger partial charge in [-0.25, -0.2) is 19.6 Å². The number of hydrogen-bond donors (Lipinski definition) is 2. The number of aromatic amines is 1. The van der Waals surface area contributed by atoms with Gasteiger partial charge in [-0.3, -0.25) is 9.47 Å². The van der Waals surface area contributed by atoms with Crippen molar-refractivity contribution in [2.45, 2.75) is 38.5 Å². The summed E-state index contributed by atoms with van der Waals surface area (Å²) in [5, 5.41) is 7.12. The highest BCUT2D eigenvalue weighted by Crippen LogP contribution is 2.32. The van der Waals surface area contributed by atoms with Crippen LogP contribution in [-0.2, 0) is 11.3 Å². The third kappa shape index (κ3) is 7.79. The number of para-hydroxylation sites is 1. The van der Waals surface area contributed by atoms with Crippen LogP contribution in [0.2, 0.25) is 0 Å². The molecular weight excluding hydrogens is 631 g/mol. The van der Waals surface area contributed by atoms with Crippen molar-refractivity contribution in [3.8, 4) is 33.8 Å². The Labute approximate surface area is 280 Å². The van der Waals surface area contributed by atoms with Gasteiger partial charge in [0.15, 0.2) is 0 Å². The second-order valence-electron chi connectivity index (χ2n) is 12.0. The molecule has 1 aliphatic rings. The topological polar surface area (TPSA) is 104 Å². The molecule has 2 aromatic heterocycles. The van der Waals surface area contributed by atoms with Crippen molar-refractivity contribution in [3.05, 3.63) is 131 Å². The first-order valence-electron chi connectivity index (χ1n) is 15.9. The van der Waals surface area contributed by atoms with Crippen molar-refractivity contribution in [2.75, 3.05) is 13.1 Å². The van der Waals surface area contributed by atoms with E-state index in [9.17, 15) is 18.0 Å². The number of H-pyrrole nitrogens is 1. The Morgan fingerprint density at radius 1 is 0.816 bits per heavy atom. The van der Waals surface area contributed by atoms with Crippen LogP contribution in [0.4, 0.5) is 13.2 Å². The van der Waals surface area contributed by atoms with E-state index in [0.29, 0.717) is 0 Å². The fourth-order valence-corrected chi connectivity index (χ4v) is 6.04. The molecule has 11 heteroatoms. The Kier molecular flexibility index (Phi) is 9.72. The van der Waals surface area contributed by atoms with Crippen molar-refractivity contribution in [1.29, 1.82) is 0 Å². The minimum atomic E-state index is -5.08. The molecule has 2 N–H and O–H groups in total. The number of fused-ring (bicyclic) bond motifs is 1. The van der Waals surface area contributed by atoms with Crippen LogP contribution < -0.4 is 5.69 Å². The van der Waals surface area contributed by atoms with Crippen molar-refractivity contribution in [3.63, 3.8) is 0 Å². The first-order chi connectivity index (χ1) is 23.6. The second-order valence-corrected chi connectivity index (χ2v) is 12.0. The number of rotatable bonds is 6. The van der Waals surface area contributed by atoms with E-state index in [1.165, 1.54) is 5.56 Å². The molecule has 0 saturated carbocycles. The summed E-state index contributed by atoms with van der Waals surface area (Å²) in [6, 6.07) is 35.5. The molecule has 4 aromatic carbocycles. The van der Waals surface area contributed by atoms with Crippen LogP contribution in [0, 0.1) is 6.92 Å². The Morgan fingerprint density at radius 3 is 2.00 bits per heavy atom. The summed E-state index contributed by atoms with van der Waals surface area (Å²) in [4.78, 5) is 37.3. The lowest BCUT2D eigenvalue weighted by Crippen LogP contribution is -2.36. The van der Waals surface area contributed by atoms with E-state index in [1.54, 1.807) is 0 Å². The van der Waals surface area contributed by atoms with Crippen LogP contribution in [-0.4, -0.2) is 54.8 Å². The van der Waals surface area contributed by atoms with Gasteiger partial charge in [-0.2, -0.15) is 13.2 Å². The van der Waals surface area contributed by atoms with Gasteiger partial charge >= 0.3 is 17.8 Å². The summed E-state index contributed by atoms with van der Waals surface area (Å²) >= 11 is 0. The number of nitrogens with one attached hydrogen (secondary N) is 1. The number of carboxylic acid groups (broad SMARTS) is 1. The smallest absolute Gasteiger partial charge is 0.475 e. The quantitative estimate of drug-likeness (QED) is 0.188. The van der Waals surface area contributed by atoms with Gasteiger partial charge in [0, 0.05) is 43.0 Å². The number of imidazole rings is 1. The molecule has 1 saturated heterocycles. The maximum atomic E-state index is 12.7. The summed E-state index contributed by atoms with van der Waals surface area (Å²) in [6.45, 7) is 4.89. The van der Waals surface area contributed by atoms with Crippen molar-refractivity contribution < 1.29 is 23.1 Å². The normalized spacial score (nSPS) is 14.0. The molecule has 250 valence electrons. The molecule has 1 aliphatic heterocycles. The van der Waals surface area contributed by atoms with Gasteiger partial charge < -0.3 is 10.1 Å². The predicted octanol–water partition coefficient (Wildman–Crippen LogP) is 7.90. The van der Waals surface area contributed by atoms with E-state index >= 15 is 0 Å². The third-order valence-corrected chi connectivity index (χ3v) is 8.60. The van der Waals surface area contributed by atoms with Crippen LogP contribution >= 0.6 is 0 Å². The zero-order valence-corrected chi connectivity index (χ0v) is 26.7. The lowest BCUT2D eigenvalue weighted by atomic mass is 10.0. The largest absolute Gasteiger partial charge is 0.490 e. The van der Waals surface area contributed by atoms with Crippen LogP contribution in [0.25, 0.3) is 44.8 Å². The van der Waals surface area contributed by atoms with Gasteiger partial charge in [-0.1, -0.05) is 97.1 Å². The van der Waals surface area contributed by atoms with Gasteiger partial charge in [0.1, 0.15) is 0 Å². The molecule has 0 spiro atoms. The summed E-state index contributed by atoms with van der Waals surface area (Å²) in [5.41, 5.74) is 10.1. The number of carboxylic acids is 1. The summed E-state index contributed by atoms with van der Waals surface area (Å²) < 4.78 is 33.6. The zero-order valence-electron chi connectivity index (χ0n) is 26.7. The monoisotopic (exact) mass is 665 g/mol. The number of nitrogens with zero attached hydrogens (tertiary/aromatic N) is 4. The average molecular weight is 666 g/mol. The average Bonchev–Trinajstić information content (AvgIpc) is 3.50. The van der Waals surface area contributed by atoms with Gasteiger partial charge in [0.25, 0.3) is 0 Å². The van der Waals surface area contributed by atoms with Crippen LogP contribution in [0.3, 0.4) is 0 Å². The van der Waals surface area contributed by atoms with E-state index < -0.39 is 12.1 Å². The van der Waals surface area contributed by atoms with Gasteiger partial charge in [0.2, 0.25) is 0 Å². The molecule has 1 fully saturated rings. The number of piperidine rings is 1. The number of aliphatic carboxylic acids is 1. The number of aryl methyl sites for hydroxylation is 1. The molecule has 8 nitrogen and oxygen atoms in total. The number of aromatic nitrogens is 4.